The molecule has 1 unspecified atom stereocenters. The molecule has 1 aliphatic rings. The molecular weight excluding hydrogens is 260 g/mol. The van der Waals surface area contributed by atoms with Crippen molar-refractivity contribution in [2.24, 2.45) is 0 Å². The normalized spacial score (nSPS) is 18.0. The van der Waals surface area contributed by atoms with Gasteiger partial charge in [0.1, 0.15) is 5.82 Å². The van der Waals surface area contributed by atoms with Crippen molar-refractivity contribution in [1.82, 2.24) is 4.98 Å². The van der Waals surface area contributed by atoms with E-state index >= 15 is 0 Å². The highest BCUT2D eigenvalue weighted by Gasteiger charge is 2.27. The molecule has 0 saturated carbocycles. The van der Waals surface area contributed by atoms with Gasteiger partial charge in [-0.05, 0) is 18.9 Å². The van der Waals surface area contributed by atoms with Crippen LogP contribution in [-0.2, 0) is 4.74 Å². The molecule has 0 bridgehead atoms. The highest BCUT2D eigenvalue weighted by atomic mass is 16.6. The van der Waals surface area contributed by atoms with Crippen molar-refractivity contribution in [3.8, 4) is 0 Å². The largest absolute Gasteiger partial charge is 0.379 e. The maximum Gasteiger partial charge on any atom is 0.311 e. The number of nitrogens with zero attached hydrogens (tertiary/aromatic N) is 3. The fourth-order valence-electron chi connectivity index (χ4n) is 2.20. The van der Waals surface area contributed by atoms with Crippen molar-refractivity contribution < 1.29 is 9.66 Å². The van der Waals surface area contributed by atoms with Crippen LogP contribution in [-0.4, -0.2) is 42.8 Å². The minimum Gasteiger partial charge on any atom is -0.379 e. The maximum atomic E-state index is 11.2. The van der Waals surface area contributed by atoms with Gasteiger partial charge in [-0.25, -0.2) is 4.98 Å². The van der Waals surface area contributed by atoms with Crippen LogP contribution in [0.2, 0.25) is 0 Å². The molecule has 7 nitrogen and oxygen atoms in total. The summed E-state index contributed by atoms with van der Waals surface area (Å²) in [6, 6.07) is 3.30. The summed E-state index contributed by atoms with van der Waals surface area (Å²) in [5.41, 5.74) is 0.0291. The lowest BCUT2D eigenvalue weighted by Gasteiger charge is -2.24. The first-order chi connectivity index (χ1) is 9.63. The predicted octanol–water partition coefficient (Wildman–Crippen LogP) is 2.04. The molecule has 0 aliphatic carbocycles. The molecule has 0 amide bonds. The van der Waals surface area contributed by atoms with Gasteiger partial charge in [-0.2, -0.15) is 0 Å². The average molecular weight is 280 g/mol. The third-order valence-electron chi connectivity index (χ3n) is 3.39. The zero-order chi connectivity index (χ0) is 14.5. The van der Waals surface area contributed by atoms with Crippen LogP contribution in [0.3, 0.4) is 0 Å². The highest BCUT2D eigenvalue weighted by molar-refractivity contribution is 5.62. The Morgan fingerprint density at radius 1 is 1.60 bits per heavy atom. The third-order valence-corrected chi connectivity index (χ3v) is 3.39. The summed E-state index contributed by atoms with van der Waals surface area (Å²) in [5.74, 6) is 1.06. The van der Waals surface area contributed by atoms with E-state index in [-0.39, 0.29) is 11.7 Å². The molecule has 2 heterocycles. The first kappa shape index (κ1) is 14.5. The second-order valence-corrected chi connectivity index (χ2v) is 4.85. The number of likely N-dealkylation sites (N-methyl/N-ethyl adjacent to an activating group) is 1. The van der Waals surface area contributed by atoms with E-state index in [1.54, 1.807) is 6.07 Å². The molecule has 2 rings (SSSR count). The first-order valence-electron chi connectivity index (χ1n) is 6.83. The van der Waals surface area contributed by atoms with Gasteiger partial charge in [-0.3, -0.25) is 10.1 Å². The third kappa shape index (κ3) is 3.16. The topological polar surface area (TPSA) is 80.5 Å². The van der Waals surface area contributed by atoms with Crippen LogP contribution in [0.1, 0.15) is 19.8 Å². The van der Waals surface area contributed by atoms with Crippen LogP contribution in [0, 0.1) is 10.1 Å². The SMILES string of the molecule is CCCNc1ccc([N+](=O)[O-])c(N(C)C2CCOC2)n1. The first-order valence-corrected chi connectivity index (χ1v) is 6.83. The lowest BCUT2D eigenvalue weighted by molar-refractivity contribution is -0.384. The molecule has 20 heavy (non-hydrogen) atoms. The summed E-state index contributed by atoms with van der Waals surface area (Å²) < 4.78 is 5.34. The van der Waals surface area contributed by atoms with Crippen molar-refractivity contribution in [1.29, 1.82) is 0 Å². The van der Waals surface area contributed by atoms with Crippen LogP contribution < -0.4 is 10.2 Å². The molecule has 1 N–H and O–H groups in total. The molecule has 0 aromatic carbocycles. The van der Waals surface area contributed by atoms with Gasteiger partial charge in [-0.1, -0.05) is 6.92 Å². The van der Waals surface area contributed by atoms with Crippen molar-refractivity contribution in [2.75, 3.05) is 37.0 Å². The van der Waals surface area contributed by atoms with E-state index in [1.807, 2.05) is 11.9 Å². The van der Waals surface area contributed by atoms with Crippen LogP contribution in [0.4, 0.5) is 17.3 Å². The summed E-state index contributed by atoms with van der Waals surface area (Å²) in [6.07, 6.45) is 1.84. The van der Waals surface area contributed by atoms with Crippen LogP contribution in [0.5, 0.6) is 0 Å². The van der Waals surface area contributed by atoms with Crippen molar-refractivity contribution in [3.05, 3.63) is 22.2 Å². The smallest absolute Gasteiger partial charge is 0.311 e. The number of nitrogens with one attached hydrogen (secondary N) is 1. The van der Waals surface area contributed by atoms with Gasteiger partial charge in [0, 0.05) is 26.3 Å². The maximum absolute atomic E-state index is 11.2. The summed E-state index contributed by atoms with van der Waals surface area (Å²) in [4.78, 5) is 17.0. The lowest BCUT2D eigenvalue weighted by atomic mass is 10.2. The summed E-state index contributed by atoms with van der Waals surface area (Å²) in [7, 11) is 1.83. The molecule has 1 fully saturated rings. The Morgan fingerprint density at radius 3 is 3.00 bits per heavy atom. The van der Waals surface area contributed by atoms with E-state index in [0.29, 0.717) is 24.8 Å². The number of ether oxygens (including phenoxy) is 1. The molecule has 7 heteroatoms. The molecule has 1 aliphatic heterocycles. The Balaban J connectivity index is 2.27. The van der Waals surface area contributed by atoms with Gasteiger partial charge < -0.3 is 15.0 Å². The summed E-state index contributed by atoms with van der Waals surface area (Å²) in [6.45, 7) is 4.13. The molecule has 0 spiro atoms. The van der Waals surface area contributed by atoms with Crippen LogP contribution in [0.25, 0.3) is 0 Å². The molecule has 1 aromatic heterocycles. The Kier molecular flexibility index (Phi) is 4.73. The van der Waals surface area contributed by atoms with Gasteiger partial charge in [0.15, 0.2) is 0 Å². The molecule has 1 saturated heterocycles. The van der Waals surface area contributed by atoms with E-state index in [9.17, 15) is 10.1 Å². The summed E-state index contributed by atoms with van der Waals surface area (Å²) >= 11 is 0. The number of pyridine rings is 1. The lowest BCUT2D eigenvalue weighted by Crippen LogP contribution is -2.33. The van der Waals surface area contributed by atoms with E-state index in [0.717, 1.165) is 19.4 Å². The van der Waals surface area contributed by atoms with Gasteiger partial charge in [0.05, 0.1) is 17.6 Å². The van der Waals surface area contributed by atoms with E-state index in [1.165, 1.54) is 6.07 Å². The molecule has 1 aromatic rings. The Morgan fingerprint density at radius 2 is 2.40 bits per heavy atom. The quantitative estimate of drug-likeness (QED) is 0.634. The number of hydrogen-bond donors (Lipinski definition) is 1. The van der Waals surface area contributed by atoms with E-state index in [4.69, 9.17) is 4.74 Å². The Labute approximate surface area is 118 Å². The number of anilines is 2. The second kappa shape index (κ2) is 6.51. The number of aromatic nitrogens is 1. The molecule has 0 radical (unpaired) electrons. The predicted molar refractivity (Wildman–Crippen MR) is 77.3 cm³/mol. The monoisotopic (exact) mass is 280 g/mol. The number of hydrogen-bond acceptors (Lipinski definition) is 6. The van der Waals surface area contributed by atoms with Gasteiger partial charge >= 0.3 is 5.69 Å². The second-order valence-electron chi connectivity index (χ2n) is 4.85. The Bertz CT molecular complexity index is 475. The molecule has 1 atom stereocenters. The van der Waals surface area contributed by atoms with Gasteiger partial charge in [0.25, 0.3) is 0 Å². The zero-order valence-electron chi connectivity index (χ0n) is 11.8. The Hall–Kier alpha value is -1.89. The van der Waals surface area contributed by atoms with Crippen LogP contribution >= 0.6 is 0 Å². The zero-order valence-corrected chi connectivity index (χ0v) is 11.8. The number of nitro groups is 1. The highest BCUT2D eigenvalue weighted by Crippen LogP contribution is 2.29. The van der Waals surface area contributed by atoms with Crippen molar-refractivity contribution in [3.63, 3.8) is 0 Å². The molecular formula is C13H20N4O3. The fourth-order valence-corrected chi connectivity index (χ4v) is 2.20. The average Bonchev–Trinajstić information content (AvgIpc) is 2.98. The van der Waals surface area contributed by atoms with Crippen molar-refractivity contribution in [2.45, 2.75) is 25.8 Å². The van der Waals surface area contributed by atoms with Crippen LogP contribution in [0.15, 0.2) is 12.1 Å². The van der Waals surface area contributed by atoms with E-state index < -0.39 is 4.92 Å². The summed E-state index contributed by atoms with van der Waals surface area (Å²) in [5, 5.41) is 14.3. The van der Waals surface area contributed by atoms with Crippen molar-refractivity contribution >= 4 is 17.3 Å². The standard InChI is InChI=1S/C13H20N4O3/c1-3-7-14-12-5-4-11(17(18)19)13(15-12)16(2)10-6-8-20-9-10/h4-5,10H,3,6-9H2,1-2H3,(H,14,15). The van der Waals surface area contributed by atoms with Gasteiger partial charge in [0.2, 0.25) is 5.82 Å². The minimum absolute atomic E-state index is 0.0291. The van der Waals surface area contributed by atoms with Gasteiger partial charge in [-0.15, -0.1) is 0 Å². The minimum atomic E-state index is -0.391. The fraction of sp³-hybridized carbons (Fsp3) is 0.615. The van der Waals surface area contributed by atoms with E-state index in [2.05, 4.69) is 17.2 Å². The molecule has 110 valence electrons. The number of rotatable bonds is 6.